The number of rotatable bonds is 6. The summed E-state index contributed by atoms with van der Waals surface area (Å²) >= 11 is 3.43. The highest BCUT2D eigenvalue weighted by Gasteiger charge is 2.55. The Morgan fingerprint density at radius 1 is 1.13 bits per heavy atom. The minimum Gasteiger partial charge on any atom is -0.308 e. The lowest BCUT2D eigenvalue weighted by atomic mass is 9.49. The van der Waals surface area contributed by atoms with Gasteiger partial charge >= 0.3 is 0 Å². The molecule has 1 amide bonds. The van der Waals surface area contributed by atoms with Crippen LogP contribution in [0.3, 0.4) is 0 Å². The fraction of sp³-hybridized carbons (Fsp3) is 0.652. The number of aromatic nitrogens is 1. The lowest BCUT2D eigenvalue weighted by Crippen LogP contribution is -2.55. The van der Waals surface area contributed by atoms with E-state index in [1.807, 2.05) is 0 Å². The molecule has 4 aliphatic carbocycles. The molecule has 0 saturated heterocycles. The molecule has 0 aliphatic heterocycles. The number of benzene rings is 1. The number of carbonyl (C=O) groups excluding carboxylic acids is 1. The number of halogens is 1. The van der Waals surface area contributed by atoms with Gasteiger partial charge in [-0.15, -0.1) is 24.2 Å². The molecule has 0 N–H and O–H groups in total. The number of hydrogen-bond acceptors (Lipinski definition) is 5. The molecule has 6 rings (SSSR count). The summed E-state index contributed by atoms with van der Waals surface area (Å²) in [5.74, 6) is 2.70. The van der Waals surface area contributed by atoms with E-state index in [4.69, 9.17) is 4.98 Å². The van der Waals surface area contributed by atoms with Crippen LogP contribution in [-0.2, 0) is 4.79 Å². The molecular weight excluding hydrogens is 434 g/mol. The molecule has 4 fully saturated rings. The molecular formula is C23H32ClN3OS2. The molecule has 4 nitrogen and oxygen atoms in total. The minimum absolute atomic E-state index is 0. The highest BCUT2D eigenvalue weighted by molar-refractivity contribution is 7.98. The number of thioether (sulfide) groups is 1. The van der Waals surface area contributed by atoms with Crippen molar-refractivity contribution in [2.45, 2.75) is 43.4 Å². The van der Waals surface area contributed by atoms with Gasteiger partial charge in [0.15, 0.2) is 5.13 Å². The van der Waals surface area contributed by atoms with Crippen LogP contribution in [0.25, 0.3) is 10.2 Å². The summed E-state index contributed by atoms with van der Waals surface area (Å²) in [5, 5.41) is 0.890. The predicted octanol–water partition coefficient (Wildman–Crippen LogP) is 5.55. The third-order valence-corrected chi connectivity index (χ3v) is 9.09. The second-order valence-corrected chi connectivity index (χ2v) is 11.7. The Kier molecular flexibility index (Phi) is 6.42. The molecule has 0 spiro atoms. The van der Waals surface area contributed by atoms with Gasteiger partial charge in [-0.2, -0.15) is 0 Å². The quantitative estimate of drug-likeness (QED) is 0.524. The molecule has 1 aromatic heterocycles. The second-order valence-electron chi connectivity index (χ2n) is 9.79. The summed E-state index contributed by atoms with van der Waals surface area (Å²) in [4.78, 5) is 24.5. The molecule has 0 atom stereocenters. The number of likely N-dealkylation sites (N-methyl/N-ethyl adjacent to an activating group) is 1. The molecule has 1 heterocycles. The van der Waals surface area contributed by atoms with Crippen molar-refractivity contribution in [2.24, 2.45) is 23.2 Å². The number of hydrogen-bond donors (Lipinski definition) is 0. The summed E-state index contributed by atoms with van der Waals surface area (Å²) in [5.41, 5.74) is 0.888. The summed E-state index contributed by atoms with van der Waals surface area (Å²) in [6.07, 6.45) is 9.52. The highest BCUT2D eigenvalue weighted by atomic mass is 35.5. The molecule has 1 aromatic carbocycles. The fourth-order valence-corrected chi connectivity index (χ4v) is 7.92. The van der Waals surface area contributed by atoms with Crippen LogP contribution in [0, 0.1) is 23.2 Å². The van der Waals surface area contributed by atoms with Crippen LogP contribution >= 0.6 is 35.5 Å². The first kappa shape index (κ1) is 22.4. The average molecular weight is 466 g/mol. The van der Waals surface area contributed by atoms with E-state index in [0.29, 0.717) is 5.91 Å². The van der Waals surface area contributed by atoms with Crippen LogP contribution in [0.1, 0.15) is 38.5 Å². The van der Waals surface area contributed by atoms with Gasteiger partial charge in [0.25, 0.3) is 0 Å². The first-order chi connectivity index (χ1) is 14.0. The first-order valence-corrected chi connectivity index (χ1v) is 12.9. The maximum Gasteiger partial charge on any atom is 0.235 e. The Labute approximate surface area is 194 Å². The van der Waals surface area contributed by atoms with E-state index >= 15 is 0 Å². The van der Waals surface area contributed by atoms with Crippen molar-refractivity contribution in [1.82, 2.24) is 9.88 Å². The van der Waals surface area contributed by atoms with Crippen molar-refractivity contribution in [3.05, 3.63) is 18.2 Å². The summed E-state index contributed by atoms with van der Waals surface area (Å²) < 4.78 is 1.18. The third-order valence-electron chi connectivity index (χ3n) is 7.32. The molecule has 4 aliphatic rings. The Bertz CT molecular complexity index is 893. The average Bonchev–Trinajstić information content (AvgIpc) is 3.09. The normalized spacial score (nSPS) is 29.4. The number of fused-ring (bicyclic) bond motifs is 1. The van der Waals surface area contributed by atoms with Crippen LogP contribution in [0.4, 0.5) is 5.13 Å². The lowest BCUT2D eigenvalue weighted by Gasteiger charge is -2.56. The van der Waals surface area contributed by atoms with Crippen LogP contribution in [0.2, 0.25) is 0 Å². The van der Waals surface area contributed by atoms with Crippen molar-refractivity contribution in [3.8, 4) is 0 Å². The van der Waals surface area contributed by atoms with E-state index in [1.165, 1.54) is 28.9 Å². The lowest BCUT2D eigenvalue weighted by molar-refractivity contribution is -0.143. The van der Waals surface area contributed by atoms with Gasteiger partial charge in [-0.05, 0) is 94.8 Å². The summed E-state index contributed by atoms with van der Waals surface area (Å²) in [7, 11) is 4.16. The Hall–Kier alpha value is -0.820. The standard InChI is InChI=1S/C23H31N3OS2.ClH/c1-25(2)6-7-26(22-24-19-5-4-18(28-3)11-20(19)29-22)21(27)23-12-15-8-16(13-23)10-17(9-15)14-23;/h4-5,11,15-17H,6-10,12-14H2,1-3H3;1H. The zero-order valence-corrected chi connectivity index (χ0v) is 20.5. The van der Waals surface area contributed by atoms with Crippen molar-refractivity contribution >= 4 is 56.8 Å². The maximum atomic E-state index is 14.1. The topological polar surface area (TPSA) is 36.4 Å². The van der Waals surface area contributed by atoms with Gasteiger partial charge in [0, 0.05) is 18.0 Å². The van der Waals surface area contributed by atoms with Gasteiger partial charge in [0.2, 0.25) is 5.91 Å². The monoisotopic (exact) mass is 465 g/mol. The first-order valence-electron chi connectivity index (χ1n) is 10.9. The van der Waals surface area contributed by atoms with Crippen LogP contribution in [0.15, 0.2) is 23.1 Å². The van der Waals surface area contributed by atoms with E-state index in [1.54, 1.807) is 23.1 Å². The smallest absolute Gasteiger partial charge is 0.235 e. The van der Waals surface area contributed by atoms with Crippen molar-refractivity contribution in [3.63, 3.8) is 0 Å². The largest absolute Gasteiger partial charge is 0.308 e. The van der Waals surface area contributed by atoms with Gasteiger partial charge in [-0.25, -0.2) is 4.98 Å². The summed E-state index contributed by atoms with van der Waals surface area (Å²) in [6, 6.07) is 6.43. The van der Waals surface area contributed by atoms with Crippen LogP contribution in [-0.4, -0.2) is 49.2 Å². The molecule has 7 heteroatoms. The van der Waals surface area contributed by atoms with E-state index in [2.05, 4.69) is 48.4 Å². The number of carbonyl (C=O) groups is 1. The Morgan fingerprint density at radius 2 is 1.77 bits per heavy atom. The van der Waals surface area contributed by atoms with Crippen LogP contribution < -0.4 is 4.90 Å². The predicted molar refractivity (Wildman–Crippen MR) is 130 cm³/mol. The Balaban J connectivity index is 0.00000218. The van der Waals surface area contributed by atoms with E-state index in [9.17, 15) is 4.79 Å². The fourth-order valence-electron chi connectivity index (χ4n) is 6.38. The Morgan fingerprint density at radius 3 is 2.33 bits per heavy atom. The zero-order chi connectivity index (χ0) is 20.2. The number of thiazole rings is 1. The van der Waals surface area contributed by atoms with E-state index in [0.717, 1.165) is 60.8 Å². The van der Waals surface area contributed by atoms with Gasteiger partial charge in [0.1, 0.15) is 0 Å². The van der Waals surface area contributed by atoms with Crippen molar-refractivity contribution < 1.29 is 4.79 Å². The summed E-state index contributed by atoms with van der Waals surface area (Å²) in [6.45, 7) is 1.59. The SMILES string of the molecule is CSc1ccc2nc(N(CCN(C)C)C(=O)C34CC5CC(CC(C5)C3)C4)sc2c1.Cl. The number of nitrogens with zero attached hydrogens (tertiary/aromatic N) is 3. The van der Waals surface area contributed by atoms with Gasteiger partial charge in [-0.1, -0.05) is 11.3 Å². The number of amides is 1. The molecule has 4 saturated carbocycles. The molecule has 2 aromatic rings. The third kappa shape index (κ3) is 4.01. The van der Waals surface area contributed by atoms with E-state index in [-0.39, 0.29) is 17.8 Å². The molecule has 4 bridgehead atoms. The van der Waals surface area contributed by atoms with Crippen molar-refractivity contribution in [2.75, 3.05) is 38.3 Å². The molecule has 164 valence electrons. The van der Waals surface area contributed by atoms with E-state index < -0.39 is 0 Å². The second kappa shape index (κ2) is 8.61. The molecule has 0 unspecified atom stereocenters. The maximum absolute atomic E-state index is 14.1. The highest BCUT2D eigenvalue weighted by Crippen LogP contribution is 2.60. The van der Waals surface area contributed by atoms with Gasteiger partial charge < -0.3 is 4.90 Å². The van der Waals surface area contributed by atoms with Crippen LogP contribution in [0.5, 0.6) is 0 Å². The zero-order valence-electron chi connectivity index (χ0n) is 18.1. The van der Waals surface area contributed by atoms with Crippen molar-refractivity contribution in [1.29, 1.82) is 0 Å². The van der Waals surface area contributed by atoms with Gasteiger partial charge in [0.05, 0.1) is 15.6 Å². The molecule has 0 radical (unpaired) electrons. The van der Waals surface area contributed by atoms with Gasteiger partial charge in [-0.3, -0.25) is 9.69 Å². The number of anilines is 1. The molecule has 30 heavy (non-hydrogen) atoms. The minimum atomic E-state index is -0.122.